The molecule has 0 saturated heterocycles. The summed E-state index contributed by atoms with van der Waals surface area (Å²) in [6, 6.07) is 0. The number of ether oxygens (including phenoxy) is 4. The molecule has 0 aromatic rings. The normalized spacial score (nSPS) is 14.4. The van der Waals surface area contributed by atoms with Crippen molar-refractivity contribution in [1.82, 2.24) is 0 Å². The van der Waals surface area contributed by atoms with Crippen LogP contribution >= 0.6 is 15.6 Å². The van der Waals surface area contributed by atoms with E-state index >= 15 is 0 Å². The molecule has 0 bridgehead atoms. The number of aliphatic hydroxyl groups excluding tert-OH is 1. The first-order valence-corrected chi connectivity index (χ1v) is 38.3. The molecule has 19 heteroatoms. The van der Waals surface area contributed by atoms with Crippen molar-refractivity contribution < 1.29 is 80.2 Å². The van der Waals surface area contributed by atoms with Gasteiger partial charge in [0.25, 0.3) is 0 Å². The molecule has 0 aliphatic rings. The van der Waals surface area contributed by atoms with Crippen LogP contribution in [0.3, 0.4) is 0 Å². The Morgan fingerprint density at radius 1 is 0.348 bits per heavy atom. The van der Waals surface area contributed by atoms with E-state index in [4.69, 9.17) is 37.0 Å². The Hall–Kier alpha value is -2.98. The fourth-order valence-electron chi connectivity index (χ4n) is 9.56. The maximum atomic E-state index is 13.0. The van der Waals surface area contributed by atoms with E-state index in [1.165, 1.54) is 96.3 Å². The van der Waals surface area contributed by atoms with Gasteiger partial charge in [0.1, 0.15) is 19.3 Å². The molecule has 0 aliphatic heterocycles. The Bertz CT molecular complexity index is 1910. The van der Waals surface area contributed by atoms with Crippen LogP contribution in [0.2, 0.25) is 0 Å². The molecule has 17 nitrogen and oxygen atoms in total. The fourth-order valence-corrected chi connectivity index (χ4v) is 11.1. The molecule has 2 unspecified atom stereocenters. The highest BCUT2D eigenvalue weighted by Gasteiger charge is 2.30. The first kappa shape index (κ1) is 86.0. The minimum Gasteiger partial charge on any atom is -0.462 e. The summed E-state index contributed by atoms with van der Waals surface area (Å²) < 4.78 is 68.1. The van der Waals surface area contributed by atoms with Crippen molar-refractivity contribution in [2.45, 2.75) is 329 Å². The summed E-state index contributed by atoms with van der Waals surface area (Å²) in [6.07, 6.45) is 54.5. The van der Waals surface area contributed by atoms with Crippen LogP contribution in [0, 0.1) is 5.92 Å². The molecule has 0 spiro atoms. The lowest BCUT2D eigenvalue weighted by molar-refractivity contribution is -0.161. The van der Waals surface area contributed by atoms with Crippen LogP contribution in [-0.4, -0.2) is 96.7 Å². The van der Waals surface area contributed by atoms with Gasteiger partial charge in [0.05, 0.1) is 26.4 Å². The zero-order valence-corrected chi connectivity index (χ0v) is 58.3. The molecule has 89 heavy (non-hydrogen) atoms. The third-order valence-electron chi connectivity index (χ3n) is 15.0. The number of rotatable bonds is 66. The first-order chi connectivity index (χ1) is 43.0. The minimum atomic E-state index is -4.97. The summed E-state index contributed by atoms with van der Waals surface area (Å²) in [5.41, 5.74) is 0. The average molecular weight is 1300 g/mol. The number of aliphatic hydroxyl groups is 1. The second-order valence-electron chi connectivity index (χ2n) is 24.4. The van der Waals surface area contributed by atoms with E-state index in [1.54, 1.807) is 0 Å². The average Bonchev–Trinajstić information content (AvgIpc) is 3.51. The lowest BCUT2D eigenvalue weighted by Gasteiger charge is -2.21. The van der Waals surface area contributed by atoms with Gasteiger partial charge in [-0.15, -0.1) is 0 Å². The number of allylic oxidation sites excluding steroid dienone is 8. The number of carbonyl (C=O) groups excluding carboxylic acids is 4. The Labute approximate surface area is 540 Å². The molecule has 0 heterocycles. The van der Waals surface area contributed by atoms with Crippen molar-refractivity contribution in [3.63, 3.8) is 0 Å². The molecule has 0 aromatic heterocycles. The van der Waals surface area contributed by atoms with E-state index in [2.05, 4.69) is 83.2 Å². The van der Waals surface area contributed by atoms with Gasteiger partial charge in [-0.3, -0.25) is 37.3 Å². The maximum absolute atomic E-state index is 13.0. The van der Waals surface area contributed by atoms with E-state index in [-0.39, 0.29) is 25.7 Å². The predicted molar refractivity (Wildman–Crippen MR) is 358 cm³/mol. The minimum absolute atomic E-state index is 0.0780. The van der Waals surface area contributed by atoms with E-state index in [1.807, 2.05) is 0 Å². The molecule has 0 saturated carbocycles. The quantitative estimate of drug-likeness (QED) is 0.0169. The van der Waals surface area contributed by atoms with Crippen molar-refractivity contribution in [2.75, 3.05) is 39.6 Å². The monoisotopic (exact) mass is 1300 g/mol. The van der Waals surface area contributed by atoms with Gasteiger partial charge < -0.3 is 33.8 Å². The van der Waals surface area contributed by atoms with Crippen LogP contribution in [0.15, 0.2) is 48.6 Å². The van der Waals surface area contributed by atoms with Gasteiger partial charge in [-0.1, -0.05) is 257 Å². The molecule has 520 valence electrons. The molecule has 0 aliphatic carbocycles. The lowest BCUT2D eigenvalue weighted by Crippen LogP contribution is -2.30. The third-order valence-corrected chi connectivity index (χ3v) is 16.9. The summed E-state index contributed by atoms with van der Waals surface area (Å²) in [7, 11) is -9.92. The molecule has 0 aromatic carbocycles. The zero-order chi connectivity index (χ0) is 65.6. The van der Waals surface area contributed by atoms with E-state index in [9.17, 15) is 43.2 Å². The number of hydrogen-bond acceptors (Lipinski definition) is 15. The summed E-state index contributed by atoms with van der Waals surface area (Å²) in [6.45, 7) is 7.01. The van der Waals surface area contributed by atoms with Gasteiger partial charge in [-0.25, -0.2) is 9.13 Å². The zero-order valence-electron chi connectivity index (χ0n) is 56.5. The number of hydrogen-bond donors (Lipinski definition) is 3. The standard InChI is InChI=1S/C70H128O17P2/c1-6-9-12-15-18-21-24-26-28-30-32-35-37-43-48-53-67(72)80-59-65(86-70(75)56-51-46-39-36-33-31-29-27-25-22-19-16-13-10-7-2)61-84-88(76,77)82-57-64(71)58-83-89(78,79)85-62-66(60-81-68(73)54-49-44-41-40-42-47-52-63(4)5)87-69(74)55-50-45-38-34-23-20-17-14-11-8-3/h21-22,24-29,63-66,71H,6-20,23,30-62H2,1-5H3,(H,76,77)(H,78,79)/b24-21-,25-22-,28-26-,29-27-/t64-,65-,66-/m1/s1. The van der Waals surface area contributed by atoms with Gasteiger partial charge in [-0.05, 0) is 83.0 Å². The maximum Gasteiger partial charge on any atom is 0.472 e. The lowest BCUT2D eigenvalue weighted by atomic mass is 10.0. The number of phosphoric acid groups is 2. The predicted octanol–water partition coefficient (Wildman–Crippen LogP) is 19.2. The Morgan fingerprint density at radius 3 is 0.921 bits per heavy atom. The van der Waals surface area contributed by atoms with E-state index < -0.39 is 97.5 Å². The van der Waals surface area contributed by atoms with E-state index in [0.717, 1.165) is 128 Å². The largest absolute Gasteiger partial charge is 0.472 e. The summed E-state index contributed by atoms with van der Waals surface area (Å²) >= 11 is 0. The second kappa shape index (κ2) is 62.5. The van der Waals surface area contributed by atoms with Gasteiger partial charge in [-0.2, -0.15) is 0 Å². The third kappa shape index (κ3) is 63.6. The number of phosphoric ester groups is 2. The molecular formula is C70H128O17P2. The van der Waals surface area contributed by atoms with Crippen molar-refractivity contribution in [2.24, 2.45) is 5.92 Å². The van der Waals surface area contributed by atoms with E-state index in [0.29, 0.717) is 31.6 Å². The van der Waals surface area contributed by atoms with Crippen LogP contribution in [-0.2, 0) is 65.4 Å². The highest BCUT2D eigenvalue weighted by Crippen LogP contribution is 2.45. The van der Waals surface area contributed by atoms with Crippen molar-refractivity contribution in [3.8, 4) is 0 Å². The molecule has 0 fully saturated rings. The van der Waals surface area contributed by atoms with Crippen LogP contribution in [0.5, 0.6) is 0 Å². The van der Waals surface area contributed by atoms with Gasteiger partial charge in [0.15, 0.2) is 12.2 Å². The Kier molecular flexibility index (Phi) is 60.4. The highest BCUT2D eigenvalue weighted by atomic mass is 31.2. The SMILES string of the molecule is CCCCCC/C=C\C=C/CCCCCCCC(=O)OC[C@H](COP(=O)(O)OC[C@@H](O)COP(=O)(O)OC[C@@H](COC(=O)CCCCCCCCC(C)C)OC(=O)CCCCCCCCCCCC)OC(=O)CCCCCCC/C=C\C=C/CCCCCC. The van der Waals surface area contributed by atoms with Crippen LogP contribution < -0.4 is 0 Å². The highest BCUT2D eigenvalue weighted by molar-refractivity contribution is 7.47. The van der Waals surface area contributed by atoms with Crippen molar-refractivity contribution in [3.05, 3.63) is 48.6 Å². The summed E-state index contributed by atoms with van der Waals surface area (Å²) in [5.74, 6) is -1.51. The Balaban J connectivity index is 5.31. The molecule has 3 N–H and O–H groups in total. The molecule has 0 amide bonds. The fraction of sp³-hybridized carbons (Fsp3) is 0.829. The second-order valence-corrected chi connectivity index (χ2v) is 27.3. The van der Waals surface area contributed by atoms with Crippen LogP contribution in [0.25, 0.3) is 0 Å². The molecular weight excluding hydrogens is 1170 g/mol. The van der Waals surface area contributed by atoms with Crippen molar-refractivity contribution in [1.29, 1.82) is 0 Å². The van der Waals surface area contributed by atoms with Crippen molar-refractivity contribution >= 4 is 39.5 Å². The first-order valence-electron chi connectivity index (χ1n) is 35.3. The summed E-state index contributed by atoms with van der Waals surface area (Å²) in [5, 5.41) is 10.6. The van der Waals surface area contributed by atoms with Crippen LogP contribution in [0.1, 0.15) is 311 Å². The van der Waals surface area contributed by atoms with Gasteiger partial charge in [0.2, 0.25) is 0 Å². The molecule has 0 rings (SSSR count). The number of unbranched alkanes of at least 4 members (excludes halogenated alkanes) is 32. The molecule has 0 radical (unpaired) electrons. The number of esters is 4. The Morgan fingerprint density at radius 2 is 0.607 bits per heavy atom. The van der Waals surface area contributed by atoms with Gasteiger partial charge >= 0.3 is 39.5 Å². The van der Waals surface area contributed by atoms with Gasteiger partial charge in [0, 0.05) is 25.7 Å². The summed E-state index contributed by atoms with van der Waals surface area (Å²) in [4.78, 5) is 72.4. The smallest absolute Gasteiger partial charge is 0.462 e. The molecule has 5 atom stereocenters. The topological polar surface area (TPSA) is 237 Å². The number of carbonyl (C=O) groups is 4. The van der Waals surface area contributed by atoms with Crippen LogP contribution in [0.4, 0.5) is 0 Å².